The molecule has 16 heavy (non-hydrogen) atoms. The lowest BCUT2D eigenvalue weighted by molar-refractivity contribution is -0.618. The predicted octanol–water partition coefficient (Wildman–Crippen LogP) is 1.58. The monoisotopic (exact) mass is 235 g/mol. The van der Waals surface area contributed by atoms with Gasteiger partial charge in [-0.3, -0.25) is 4.79 Å². The maximum Gasteiger partial charge on any atom is 0.259 e. The van der Waals surface area contributed by atoms with Gasteiger partial charge in [0.05, 0.1) is 18.1 Å². The number of carbonyl (C=O) groups is 1. The Labute approximate surface area is 97.5 Å². The van der Waals surface area contributed by atoms with Gasteiger partial charge >= 0.3 is 0 Å². The molecule has 5 heteroatoms. The van der Waals surface area contributed by atoms with E-state index in [1.807, 2.05) is 0 Å². The number of aldehydes is 1. The van der Waals surface area contributed by atoms with Crippen LogP contribution in [-0.4, -0.2) is 13.4 Å². The number of hydrogen-bond acceptors (Lipinski definition) is 4. The molecule has 2 rings (SSSR count). The second kappa shape index (κ2) is 4.02. The second-order valence-electron chi connectivity index (χ2n) is 3.26. The van der Waals surface area contributed by atoms with Crippen molar-refractivity contribution in [2.24, 2.45) is 0 Å². The van der Waals surface area contributed by atoms with Gasteiger partial charge < -0.3 is 9.94 Å². The summed E-state index contributed by atoms with van der Waals surface area (Å²) in [5, 5.41) is 12.5. The summed E-state index contributed by atoms with van der Waals surface area (Å²) < 4.78 is 5.67. The fourth-order valence-electron chi connectivity index (χ4n) is 1.51. The van der Waals surface area contributed by atoms with Crippen LogP contribution in [0.4, 0.5) is 0 Å². The number of aromatic nitrogens is 1. The predicted molar refractivity (Wildman–Crippen MR) is 62.1 cm³/mol. The number of hydrogen-bond donors (Lipinski definition) is 1. The first-order valence-corrected chi connectivity index (χ1v) is 5.00. The molecule has 0 saturated carbocycles. The van der Waals surface area contributed by atoms with Gasteiger partial charge in [0, 0.05) is 6.07 Å². The summed E-state index contributed by atoms with van der Waals surface area (Å²) in [5.74, 6) is 0.635. The van der Waals surface area contributed by atoms with Gasteiger partial charge in [-0.25, -0.2) is 0 Å². The van der Waals surface area contributed by atoms with E-state index in [9.17, 15) is 10.0 Å². The summed E-state index contributed by atoms with van der Waals surface area (Å²) in [4.78, 5) is 10.7. The van der Waals surface area contributed by atoms with Crippen molar-refractivity contribution in [1.82, 2.24) is 0 Å². The van der Waals surface area contributed by atoms with Crippen LogP contribution in [0.25, 0.3) is 10.9 Å². The van der Waals surface area contributed by atoms with Crippen LogP contribution in [0.2, 0.25) is 0 Å². The van der Waals surface area contributed by atoms with Gasteiger partial charge in [0.1, 0.15) is 5.75 Å². The van der Waals surface area contributed by atoms with Crippen molar-refractivity contribution in [2.75, 3.05) is 7.11 Å². The van der Waals surface area contributed by atoms with Gasteiger partial charge in [0.2, 0.25) is 5.52 Å². The lowest BCUT2D eigenvalue weighted by atomic mass is 10.1. The minimum absolute atomic E-state index is 0.104. The SMILES string of the molecule is COc1ccc2c(c1)cc(C=O)c(S)[n+]2[O-]. The minimum Gasteiger partial charge on any atom is -0.617 e. The highest BCUT2D eigenvalue weighted by Gasteiger charge is 2.13. The van der Waals surface area contributed by atoms with E-state index < -0.39 is 0 Å². The van der Waals surface area contributed by atoms with Crippen LogP contribution in [0.5, 0.6) is 5.75 Å². The van der Waals surface area contributed by atoms with Gasteiger partial charge in [-0.1, -0.05) is 12.6 Å². The molecule has 4 nitrogen and oxygen atoms in total. The standard InChI is InChI=1S/C11H9NO3S/c1-15-9-2-3-10-7(5-9)4-8(6-13)11(16)12(10)14/h2-6,16H,1H3. The molecule has 0 spiro atoms. The molecule has 0 unspecified atom stereocenters. The van der Waals surface area contributed by atoms with Crippen molar-refractivity contribution < 1.29 is 14.3 Å². The Morgan fingerprint density at radius 2 is 2.19 bits per heavy atom. The van der Waals surface area contributed by atoms with Gasteiger partial charge in [0.15, 0.2) is 6.29 Å². The molecule has 1 aromatic heterocycles. The highest BCUT2D eigenvalue weighted by molar-refractivity contribution is 7.80. The van der Waals surface area contributed by atoms with Crippen LogP contribution in [0.1, 0.15) is 10.4 Å². The van der Waals surface area contributed by atoms with Crippen molar-refractivity contribution >= 4 is 29.8 Å². The first-order valence-electron chi connectivity index (χ1n) is 4.56. The number of thiol groups is 1. The molecular weight excluding hydrogens is 226 g/mol. The lowest BCUT2D eigenvalue weighted by Crippen LogP contribution is -2.30. The number of methoxy groups -OCH3 is 1. The molecule has 0 saturated heterocycles. The summed E-state index contributed by atoms with van der Waals surface area (Å²) in [6, 6.07) is 6.63. The van der Waals surface area contributed by atoms with Crippen LogP contribution < -0.4 is 9.47 Å². The van der Waals surface area contributed by atoms with Crippen molar-refractivity contribution in [3.05, 3.63) is 35.0 Å². The highest BCUT2D eigenvalue weighted by atomic mass is 32.1. The topological polar surface area (TPSA) is 53.2 Å². The van der Waals surface area contributed by atoms with E-state index in [-0.39, 0.29) is 10.6 Å². The van der Waals surface area contributed by atoms with E-state index in [2.05, 4.69) is 12.6 Å². The zero-order valence-corrected chi connectivity index (χ0v) is 9.40. The van der Waals surface area contributed by atoms with Crippen LogP contribution in [-0.2, 0) is 0 Å². The number of rotatable bonds is 2. The third kappa shape index (κ3) is 1.59. The summed E-state index contributed by atoms with van der Waals surface area (Å²) in [5.41, 5.74) is 0.718. The third-order valence-corrected chi connectivity index (χ3v) is 2.78. The Balaban J connectivity index is 2.81. The van der Waals surface area contributed by atoms with Crippen LogP contribution in [0.3, 0.4) is 0 Å². The molecular formula is C11H9NO3S. The summed E-state index contributed by atoms with van der Waals surface area (Å²) in [6.07, 6.45) is 0.607. The van der Waals surface area contributed by atoms with Gasteiger partial charge in [-0.15, -0.1) is 0 Å². The summed E-state index contributed by atoms with van der Waals surface area (Å²) in [7, 11) is 1.54. The molecule has 0 amide bonds. The summed E-state index contributed by atoms with van der Waals surface area (Å²) >= 11 is 4.00. The van der Waals surface area contributed by atoms with Gasteiger partial charge in [0.25, 0.3) is 5.03 Å². The molecule has 0 atom stereocenters. The van der Waals surface area contributed by atoms with Gasteiger partial charge in [-0.05, 0) is 18.2 Å². The molecule has 0 bridgehead atoms. The molecule has 82 valence electrons. The molecule has 0 aliphatic carbocycles. The van der Waals surface area contributed by atoms with E-state index in [4.69, 9.17) is 4.74 Å². The smallest absolute Gasteiger partial charge is 0.259 e. The number of pyridine rings is 1. The number of carbonyl (C=O) groups excluding carboxylic acids is 1. The second-order valence-corrected chi connectivity index (χ2v) is 3.68. The number of nitrogens with zero attached hydrogens (tertiary/aromatic N) is 1. The van der Waals surface area contributed by atoms with E-state index in [1.165, 1.54) is 0 Å². The van der Waals surface area contributed by atoms with E-state index in [0.717, 1.165) is 0 Å². The average molecular weight is 235 g/mol. The minimum atomic E-state index is 0.104. The van der Waals surface area contributed by atoms with Crippen molar-refractivity contribution in [3.63, 3.8) is 0 Å². The number of fused-ring (bicyclic) bond motifs is 1. The fourth-order valence-corrected chi connectivity index (χ4v) is 1.74. The number of ether oxygens (including phenoxy) is 1. The number of benzene rings is 1. The normalized spacial score (nSPS) is 10.4. The maximum absolute atomic E-state index is 11.7. The van der Waals surface area contributed by atoms with E-state index in [1.54, 1.807) is 31.4 Å². The molecule has 2 aromatic rings. The van der Waals surface area contributed by atoms with Crippen LogP contribution >= 0.6 is 12.6 Å². The average Bonchev–Trinajstić information content (AvgIpc) is 2.33. The first kappa shape index (κ1) is 10.8. The molecule has 0 fully saturated rings. The Morgan fingerprint density at radius 1 is 1.44 bits per heavy atom. The van der Waals surface area contributed by atoms with E-state index >= 15 is 0 Å². The molecule has 0 radical (unpaired) electrons. The molecule has 1 heterocycles. The first-order chi connectivity index (χ1) is 7.67. The molecule has 0 aliphatic rings. The zero-order valence-electron chi connectivity index (χ0n) is 8.51. The van der Waals surface area contributed by atoms with E-state index in [0.29, 0.717) is 27.7 Å². The van der Waals surface area contributed by atoms with Crippen LogP contribution in [0.15, 0.2) is 29.3 Å². The quantitative estimate of drug-likeness (QED) is 0.372. The largest absolute Gasteiger partial charge is 0.617 e. The van der Waals surface area contributed by atoms with Crippen molar-refractivity contribution in [3.8, 4) is 5.75 Å². The molecule has 0 N–H and O–H groups in total. The van der Waals surface area contributed by atoms with Crippen molar-refractivity contribution in [1.29, 1.82) is 0 Å². The fraction of sp³-hybridized carbons (Fsp3) is 0.0909. The Hall–Kier alpha value is -1.75. The highest BCUT2D eigenvalue weighted by Crippen LogP contribution is 2.21. The lowest BCUT2D eigenvalue weighted by Gasteiger charge is -2.07. The van der Waals surface area contributed by atoms with Crippen molar-refractivity contribution in [2.45, 2.75) is 5.03 Å². The maximum atomic E-state index is 11.7. The molecule has 0 aliphatic heterocycles. The summed E-state index contributed by atoms with van der Waals surface area (Å²) in [6.45, 7) is 0. The Morgan fingerprint density at radius 3 is 2.81 bits per heavy atom. The Kier molecular flexibility index (Phi) is 2.70. The zero-order chi connectivity index (χ0) is 11.7. The van der Waals surface area contributed by atoms with Gasteiger partial charge in [-0.2, -0.15) is 4.73 Å². The third-order valence-electron chi connectivity index (χ3n) is 2.34. The molecule has 1 aromatic carbocycles. The Bertz CT molecular complexity index is 569. The van der Waals surface area contributed by atoms with Crippen LogP contribution in [0, 0.1) is 5.21 Å².